The number of nitrogens with zero attached hydrogens (tertiary/aromatic N) is 3. The Kier molecular flexibility index (Phi) is 7.52. The minimum atomic E-state index is -4.46. The molecule has 0 bridgehead atoms. The summed E-state index contributed by atoms with van der Waals surface area (Å²) in [5.74, 6) is -1.09. The minimum Gasteiger partial charge on any atom is -0.355 e. The molecule has 212 valence electrons. The highest BCUT2D eigenvalue weighted by Crippen LogP contribution is 2.41. The zero-order valence-corrected chi connectivity index (χ0v) is 23.4. The number of thiazole rings is 1. The monoisotopic (exact) mass is 571 g/mol. The molecule has 1 aliphatic heterocycles. The van der Waals surface area contributed by atoms with Gasteiger partial charge in [0.05, 0.1) is 17.2 Å². The van der Waals surface area contributed by atoms with Crippen molar-refractivity contribution in [1.29, 1.82) is 0 Å². The van der Waals surface area contributed by atoms with Crippen LogP contribution in [0.2, 0.25) is 0 Å². The van der Waals surface area contributed by atoms with Crippen molar-refractivity contribution in [1.82, 2.24) is 24.9 Å². The van der Waals surface area contributed by atoms with E-state index in [1.807, 2.05) is 42.9 Å². The first-order chi connectivity index (χ1) is 18.9. The number of rotatable bonds is 5. The maximum atomic E-state index is 13.5. The molecule has 11 heteroatoms. The van der Waals surface area contributed by atoms with Gasteiger partial charge in [-0.25, -0.2) is 9.78 Å². The summed E-state index contributed by atoms with van der Waals surface area (Å²) in [7, 11) is 0. The van der Waals surface area contributed by atoms with Crippen LogP contribution in [0.1, 0.15) is 44.0 Å². The fourth-order valence-corrected chi connectivity index (χ4v) is 6.03. The van der Waals surface area contributed by atoms with E-state index in [1.54, 1.807) is 23.1 Å². The smallest absolute Gasteiger partial charge is 0.355 e. The third-order valence-electron chi connectivity index (χ3n) is 7.16. The summed E-state index contributed by atoms with van der Waals surface area (Å²) in [4.78, 5) is 33.6. The maximum Gasteiger partial charge on any atom is 0.416 e. The molecule has 3 aromatic rings. The van der Waals surface area contributed by atoms with Gasteiger partial charge in [-0.1, -0.05) is 29.9 Å². The third-order valence-corrected chi connectivity index (χ3v) is 7.93. The molecule has 7 nitrogen and oxygen atoms in total. The topological polar surface area (TPSA) is 78.7 Å². The van der Waals surface area contributed by atoms with Crippen molar-refractivity contribution in [2.75, 3.05) is 19.6 Å². The highest BCUT2D eigenvalue weighted by atomic mass is 32.1. The van der Waals surface area contributed by atoms with E-state index in [0.717, 1.165) is 28.4 Å². The number of urea groups is 1. The summed E-state index contributed by atoms with van der Waals surface area (Å²) in [5.41, 5.74) is 1.77. The van der Waals surface area contributed by atoms with Crippen LogP contribution >= 0.6 is 11.3 Å². The average molecular weight is 572 g/mol. The number of likely N-dealkylation sites (tertiary alicyclic amines) is 1. The van der Waals surface area contributed by atoms with Gasteiger partial charge in [-0.15, -0.1) is 11.3 Å². The van der Waals surface area contributed by atoms with Crippen molar-refractivity contribution in [3.05, 3.63) is 76.6 Å². The summed E-state index contributed by atoms with van der Waals surface area (Å²) in [6.45, 7) is 6.80. The molecule has 1 fully saturated rings. The maximum absolute atomic E-state index is 13.5. The largest absolute Gasteiger partial charge is 0.416 e. The van der Waals surface area contributed by atoms with Gasteiger partial charge in [0.15, 0.2) is 4.96 Å². The Morgan fingerprint density at radius 1 is 1.20 bits per heavy atom. The summed E-state index contributed by atoms with van der Waals surface area (Å²) in [6, 6.07) is 5.05. The van der Waals surface area contributed by atoms with Crippen LogP contribution in [-0.4, -0.2) is 51.4 Å². The molecular weight excluding hydrogens is 539 g/mol. The minimum absolute atomic E-state index is 0.180. The predicted octanol–water partition coefficient (Wildman–Crippen LogP) is 5.54. The molecule has 2 atom stereocenters. The highest BCUT2D eigenvalue weighted by molar-refractivity contribution is 7.15. The Morgan fingerprint density at radius 3 is 2.73 bits per heavy atom. The summed E-state index contributed by atoms with van der Waals surface area (Å²) in [5, 5.41) is 7.94. The number of carbonyl (C=O) groups excluding carboxylic acids is 2. The van der Waals surface area contributed by atoms with Crippen LogP contribution in [0.4, 0.5) is 18.0 Å². The van der Waals surface area contributed by atoms with Gasteiger partial charge in [0, 0.05) is 55.3 Å². The summed E-state index contributed by atoms with van der Waals surface area (Å²) in [6.07, 6.45) is 3.97. The fraction of sp³-hybridized carbons (Fsp3) is 0.414. The average Bonchev–Trinajstić information content (AvgIpc) is 3.48. The van der Waals surface area contributed by atoms with Crippen LogP contribution in [0.5, 0.6) is 0 Å². The molecule has 0 spiro atoms. The first kappa shape index (κ1) is 27.9. The van der Waals surface area contributed by atoms with Crippen LogP contribution in [0.15, 0.2) is 59.8 Å². The molecule has 3 heterocycles. The molecule has 40 heavy (non-hydrogen) atoms. The molecule has 3 amide bonds. The number of amides is 3. The molecule has 1 saturated heterocycles. The second kappa shape index (κ2) is 10.8. The van der Waals surface area contributed by atoms with Crippen LogP contribution in [0.3, 0.4) is 0 Å². The predicted molar refractivity (Wildman–Crippen MR) is 149 cm³/mol. The van der Waals surface area contributed by atoms with Crippen LogP contribution in [0.25, 0.3) is 10.5 Å². The molecule has 2 unspecified atom stereocenters. The van der Waals surface area contributed by atoms with Crippen LogP contribution in [-0.2, 0) is 17.4 Å². The SMILES string of the molecule is CC(C)(C)NC(=O)N1CCC2=C(c3cccc(C(F)(F)F)c3)C=CC(C(=O)NCCc3cn4ccsc4n3)C2C1. The third kappa shape index (κ3) is 6.09. The summed E-state index contributed by atoms with van der Waals surface area (Å²) >= 11 is 1.54. The molecule has 0 radical (unpaired) electrons. The number of imidazole rings is 1. The molecule has 1 aromatic carbocycles. The number of piperidine rings is 1. The Bertz CT molecular complexity index is 1450. The van der Waals surface area contributed by atoms with Crippen molar-refractivity contribution >= 4 is 33.8 Å². The van der Waals surface area contributed by atoms with Crippen molar-refractivity contribution < 1.29 is 22.8 Å². The van der Waals surface area contributed by atoms with Gasteiger partial charge in [-0.05, 0) is 50.5 Å². The first-order valence-corrected chi connectivity index (χ1v) is 14.1. The van der Waals surface area contributed by atoms with E-state index in [-0.39, 0.29) is 17.9 Å². The van der Waals surface area contributed by atoms with E-state index in [4.69, 9.17) is 0 Å². The number of benzene rings is 1. The lowest BCUT2D eigenvalue weighted by Crippen LogP contribution is -2.53. The van der Waals surface area contributed by atoms with Crippen LogP contribution < -0.4 is 10.6 Å². The van der Waals surface area contributed by atoms with Gasteiger partial charge in [0.2, 0.25) is 5.91 Å². The Hall–Kier alpha value is -3.60. The van der Waals surface area contributed by atoms with E-state index in [2.05, 4.69) is 15.6 Å². The van der Waals surface area contributed by atoms with Crippen molar-refractivity contribution in [3.63, 3.8) is 0 Å². The molecule has 2 aliphatic rings. The zero-order valence-electron chi connectivity index (χ0n) is 22.6. The number of alkyl halides is 3. The summed E-state index contributed by atoms with van der Waals surface area (Å²) < 4.78 is 42.3. The zero-order chi connectivity index (χ0) is 28.7. The molecule has 1 aliphatic carbocycles. The number of fused-ring (bicyclic) bond motifs is 2. The highest BCUT2D eigenvalue weighted by Gasteiger charge is 2.39. The lowest BCUT2D eigenvalue weighted by molar-refractivity contribution is -0.137. The van der Waals surface area contributed by atoms with Gasteiger partial charge in [-0.2, -0.15) is 13.2 Å². The molecule has 0 saturated carbocycles. The Morgan fingerprint density at radius 2 is 2.00 bits per heavy atom. The van der Waals surface area contributed by atoms with Gasteiger partial charge in [0.25, 0.3) is 0 Å². The molecule has 2 aromatic heterocycles. The van der Waals surface area contributed by atoms with E-state index < -0.39 is 23.2 Å². The van der Waals surface area contributed by atoms with E-state index >= 15 is 0 Å². The second-order valence-corrected chi connectivity index (χ2v) is 12.1. The van der Waals surface area contributed by atoms with E-state index in [9.17, 15) is 22.8 Å². The van der Waals surface area contributed by atoms with Gasteiger partial charge >= 0.3 is 12.2 Å². The fourth-order valence-electron chi connectivity index (χ4n) is 5.31. The van der Waals surface area contributed by atoms with E-state index in [0.29, 0.717) is 43.6 Å². The lowest BCUT2D eigenvalue weighted by Gasteiger charge is -2.41. The van der Waals surface area contributed by atoms with Gasteiger partial charge < -0.3 is 15.5 Å². The van der Waals surface area contributed by atoms with E-state index in [1.165, 1.54) is 17.4 Å². The number of hydrogen-bond donors (Lipinski definition) is 2. The standard InChI is InChI=1S/C29H32F3N5O2S/c1-28(2,3)35-26(39)36-12-10-22-21(18-5-4-6-19(15-18)29(30,31)32)7-8-23(24(22)17-36)25(38)33-11-9-20-16-37-13-14-40-27(37)34-20/h4-8,13-16,23-24H,9-12,17H2,1-3H3,(H,33,38)(H,35,39). The van der Waals surface area contributed by atoms with Gasteiger partial charge in [0.1, 0.15) is 0 Å². The molecule has 2 N–H and O–H groups in total. The Balaban J connectivity index is 1.37. The number of carbonyl (C=O) groups is 2. The Labute approximate surface area is 234 Å². The molecule has 5 rings (SSSR count). The first-order valence-electron chi connectivity index (χ1n) is 13.2. The number of hydrogen-bond acceptors (Lipinski definition) is 4. The van der Waals surface area contributed by atoms with Gasteiger partial charge in [-0.3, -0.25) is 9.20 Å². The normalized spacial score (nSPS) is 19.6. The lowest BCUT2D eigenvalue weighted by atomic mass is 9.73. The quantitative estimate of drug-likeness (QED) is 0.422. The number of halogens is 3. The van der Waals surface area contributed by atoms with Crippen molar-refractivity contribution in [3.8, 4) is 0 Å². The van der Waals surface area contributed by atoms with Crippen LogP contribution in [0, 0.1) is 11.8 Å². The molecular formula is C29H32F3N5O2S. The number of nitrogens with one attached hydrogen (secondary N) is 2. The number of aromatic nitrogens is 2. The van der Waals surface area contributed by atoms with Crippen molar-refractivity contribution in [2.45, 2.75) is 45.3 Å². The second-order valence-electron chi connectivity index (χ2n) is 11.3. The van der Waals surface area contributed by atoms with Crippen molar-refractivity contribution in [2.24, 2.45) is 11.8 Å². The number of allylic oxidation sites excluding steroid dienone is 2.